The zero-order valence-corrected chi connectivity index (χ0v) is 13.8. The van der Waals surface area contributed by atoms with E-state index in [1.54, 1.807) is 0 Å². The van der Waals surface area contributed by atoms with E-state index >= 15 is 0 Å². The topological polar surface area (TPSA) is 66.3 Å². The maximum atomic E-state index is 11.7. The summed E-state index contributed by atoms with van der Waals surface area (Å²) in [5, 5.41) is 7.34. The fourth-order valence-corrected chi connectivity index (χ4v) is 3.71. The summed E-state index contributed by atoms with van der Waals surface area (Å²) in [4.78, 5) is 21.1. The summed E-state index contributed by atoms with van der Waals surface area (Å²) in [5.41, 5.74) is 0.102. The van der Waals surface area contributed by atoms with Crippen LogP contribution < -0.4 is 5.32 Å². The monoisotopic (exact) mass is 306 g/mol. The van der Waals surface area contributed by atoms with Crippen molar-refractivity contribution in [2.75, 3.05) is 33.2 Å². The van der Waals surface area contributed by atoms with E-state index in [9.17, 15) is 4.79 Å². The van der Waals surface area contributed by atoms with Crippen molar-refractivity contribution in [3.63, 3.8) is 0 Å². The third-order valence-electron chi connectivity index (χ3n) is 5.13. The summed E-state index contributed by atoms with van der Waals surface area (Å²) in [6.45, 7) is 6.59. The summed E-state index contributed by atoms with van der Waals surface area (Å²) in [6, 6.07) is 0. The van der Waals surface area contributed by atoms with Gasteiger partial charge in [-0.3, -0.25) is 19.3 Å². The van der Waals surface area contributed by atoms with Crippen molar-refractivity contribution in [1.29, 1.82) is 0 Å². The predicted molar refractivity (Wildman–Crippen MR) is 83.2 cm³/mol. The molecule has 122 valence electrons. The van der Waals surface area contributed by atoms with Gasteiger partial charge in [0.1, 0.15) is 11.6 Å². The highest BCUT2D eigenvalue weighted by Gasteiger charge is 2.40. The van der Waals surface area contributed by atoms with Crippen LogP contribution in [-0.4, -0.2) is 69.2 Å². The molecule has 1 atom stereocenters. The first-order chi connectivity index (χ1) is 10.5. The second-order valence-electron chi connectivity index (χ2n) is 6.66. The predicted octanol–water partition coefficient (Wildman–Crippen LogP) is -0.0902. The average Bonchev–Trinajstić information content (AvgIpc) is 2.67. The number of hydrogen-bond acceptors (Lipinski definition) is 5. The second-order valence-corrected chi connectivity index (χ2v) is 6.66. The van der Waals surface area contributed by atoms with Gasteiger partial charge in [-0.25, -0.2) is 4.98 Å². The first-order valence-electron chi connectivity index (χ1n) is 8.05. The van der Waals surface area contributed by atoms with Crippen LogP contribution in [0, 0.1) is 6.92 Å². The molecule has 7 heteroatoms. The van der Waals surface area contributed by atoms with Crippen molar-refractivity contribution in [3.05, 3.63) is 11.6 Å². The number of amides is 1. The van der Waals surface area contributed by atoms with E-state index in [1.165, 1.54) is 0 Å². The Labute approximate surface area is 131 Å². The highest BCUT2D eigenvalue weighted by atomic mass is 16.1. The van der Waals surface area contributed by atoms with E-state index in [4.69, 9.17) is 0 Å². The minimum Gasteiger partial charge on any atom is -0.356 e. The van der Waals surface area contributed by atoms with Gasteiger partial charge in [0.05, 0.1) is 6.54 Å². The van der Waals surface area contributed by atoms with Gasteiger partial charge in [-0.2, -0.15) is 5.10 Å². The Morgan fingerprint density at radius 1 is 1.27 bits per heavy atom. The number of aromatic nitrogens is 3. The smallest absolute Gasteiger partial charge is 0.220 e. The van der Waals surface area contributed by atoms with Crippen molar-refractivity contribution in [2.24, 2.45) is 7.05 Å². The van der Waals surface area contributed by atoms with Gasteiger partial charge in [-0.05, 0) is 26.8 Å². The van der Waals surface area contributed by atoms with Gasteiger partial charge in [0.2, 0.25) is 5.91 Å². The molecule has 3 heterocycles. The fourth-order valence-electron chi connectivity index (χ4n) is 3.71. The average molecular weight is 306 g/mol. The molecule has 7 nitrogen and oxygen atoms in total. The quantitative estimate of drug-likeness (QED) is 0.827. The van der Waals surface area contributed by atoms with Crippen LogP contribution in [0.2, 0.25) is 0 Å². The van der Waals surface area contributed by atoms with Crippen LogP contribution in [0.4, 0.5) is 0 Å². The molecule has 0 saturated carbocycles. The summed E-state index contributed by atoms with van der Waals surface area (Å²) < 4.78 is 1.87. The molecule has 0 aliphatic carbocycles. The Hall–Kier alpha value is -1.47. The Morgan fingerprint density at radius 2 is 2.09 bits per heavy atom. The number of carbonyl (C=O) groups is 1. The van der Waals surface area contributed by atoms with E-state index in [1.807, 2.05) is 18.7 Å². The Bertz CT molecular complexity index is 556. The number of piperazine rings is 1. The van der Waals surface area contributed by atoms with Crippen LogP contribution in [0.25, 0.3) is 0 Å². The van der Waals surface area contributed by atoms with Crippen LogP contribution in [0.1, 0.15) is 30.9 Å². The van der Waals surface area contributed by atoms with Crippen molar-refractivity contribution in [1.82, 2.24) is 29.9 Å². The highest BCUT2D eigenvalue weighted by Crippen LogP contribution is 2.30. The van der Waals surface area contributed by atoms with E-state index < -0.39 is 0 Å². The van der Waals surface area contributed by atoms with Gasteiger partial charge in [-0.1, -0.05) is 0 Å². The molecular formula is C15H26N6O. The normalized spacial score (nSPS) is 27.9. The zero-order valence-electron chi connectivity index (χ0n) is 13.8. The number of nitrogens with one attached hydrogen (secondary N) is 1. The summed E-state index contributed by atoms with van der Waals surface area (Å²) in [7, 11) is 4.15. The molecule has 1 N–H and O–H groups in total. The van der Waals surface area contributed by atoms with E-state index in [0.29, 0.717) is 6.42 Å². The SMILES string of the molecule is Cc1nc(CN2CCN(C)[C@@]3(CCNC(=O)CC3)C2)n(C)n1. The molecule has 0 aromatic carbocycles. The fraction of sp³-hybridized carbons (Fsp3) is 0.800. The van der Waals surface area contributed by atoms with Gasteiger partial charge in [-0.15, -0.1) is 0 Å². The van der Waals surface area contributed by atoms with Gasteiger partial charge >= 0.3 is 0 Å². The summed E-state index contributed by atoms with van der Waals surface area (Å²) in [5.74, 6) is 2.02. The molecule has 0 radical (unpaired) electrons. The Kier molecular flexibility index (Phi) is 4.18. The first kappa shape index (κ1) is 15.4. The lowest BCUT2D eigenvalue weighted by Crippen LogP contribution is -2.60. The van der Waals surface area contributed by atoms with Crippen molar-refractivity contribution in [3.8, 4) is 0 Å². The molecule has 0 unspecified atom stereocenters. The number of rotatable bonds is 2. The van der Waals surface area contributed by atoms with Crippen molar-refractivity contribution in [2.45, 2.75) is 38.3 Å². The third-order valence-corrected chi connectivity index (χ3v) is 5.13. The molecular weight excluding hydrogens is 280 g/mol. The minimum absolute atomic E-state index is 0.102. The number of nitrogens with zero attached hydrogens (tertiary/aromatic N) is 5. The molecule has 2 aliphatic rings. The van der Waals surface area contributed by atoms with Gasteiger partial charge < -0.3 is 5.32 Å². The zero-order chi connectivity index (χ0) is 15.7. The number of aryl methyl sites for hydroxylation is 2. The summed E-state index contributed by atoms with van der Waals surface area (Å²) >= 11 is 0. The minimum atomic E-state index is 0.102. The van der Waals surface area contributed by atoms with Crippen molar-refractivity contribution < 1.29 is 4.79 Å². The van der Waals surface area contributed by atoms with Gasteiger partial charge in [0.15, 0.2) is 0 Å². The molecule has 2 aliphatic heterocycles. The van der Waals surface area contributed by atoms with Crippen LogP contribution in [0.15, 0.2) is 0 Å². The third kappa shape index (κ3) is 3.01. The number of likely N-dealkylation sites (N-methyl/N-ethyl adjacent to an activating group) is 1. The molecule has 1 aromatic heterocycles. The Morgan fingerprint density at radius 3 is 2.82 bits per heavy atom. The molecule has 0 bridgehead atoms. The van der Waals surface area contributed by atoms with E-state index in [2.05, 4.69) is 32.2 Å². The van der Waals surface area contributed by atoms with E-state index in [0.717, 1.165) is 57.2 Å². The van der Waals surface area contributed by atoms with Crippen LogP contribution >= 0.6 is 0 Å². The largest absolute Gasteiger partial charge is 0.356 e. The lowest BCUT2D eigenvalue weighted by molar-refractivity contribution is -0.121. The van der Waals surface area contributed by atoms with Crippen molar-refractivity contribution >= 4 is 5.91 Å². The molecule has 2 fully saturated rings. The molecule has 2 saturated heterocycles. The van der Waals surface area contributed by atoms with Gasteiger partial charge in [0.25, 0.3) is 0 Å². The lowest BCUT2D eigenvalue weighted by Gasteiger charge is -2.49. The molecule has 1 aromatic rings. The molecule has 3 rings (SSSR count). The summed E-state index contributed by atoms with van der Waals surface area (Å²) in [6.07, 6.45) is 2.58. The van der Waals surface area contributed by atoms with E-state index in [-0.39, 0.29) is 11.4 Å². The molecule has 1 amide bonds. The Balaban J connectivity index is 1.72. The standard InChI is InChI=1S/C15H26N6O/c1-12-17-13(20(3)18-12)10-21-9-8-19(2)15(11-21)5-4-14(22)16-7-6-15/h4-11H2,1-3H3,(H,16,22)/t15-/m0/s1. The van der Waals surface area contributed by atoms with Crippen LogP contribution in [-0.2, 0) is 18.4 Å². The first-order valence-corrected chi connectivity index (χ1v) is 8.05. The molecule has 1 spiro atoms. The highest BCUT2D eigenvalue weighted by molar-refractivity contribution is 5.76. The van der Waals surface area contributed by atoms with Crippen LogP contribution in [0.5, 0.6) is 0 Å². The lowest BCUT2D eigenvalue weighted by atomic mass is 9.86. The van der Waals surface area contributed by atoms with Crippen LogP contribution in [0.3, 0.4) is 0 Å². The number of carbonyl (C=O) groups excluding carboxylic acids is 1. The maximum Gasteiger partial charge on any atom is 0.220 e. The van der Waals surface area contributed by atoms with Gasteiger partial charge in [0, 0.05) is 45.2 Å². The number of hydrogen-bond donors (Lipinski definition) is 1. The maximum absolute atomic E-state index is 11.7. The molecule has 22 heavy (non-hydrogen) atoms. The second kappa shape index (κ2) is 5.96.